The predicted molar refractivity (Wildman–Crippen MR) is 72.6 cm³/mol. The topological polar surface area (TPSA) is 12.0 Å². The summed E-state index contributed by atoms with van der Waals surface area (Å²) >= 11 is 3.17. The summed E-state index contributed by atoms with van der Waals surface area (Å²) in [7, 11) is 0. The van der Waals surface area contributed by atoms with Crippen LogP contribution >= 0.6 is 15.9 Å². The van der Waals surface area contributed by atoms with Crippen LogP contribution in [0.4, 0.5) is 10.1 Å². The molecule has 0 unspecified atom stereocenters. The summed E-state index contributed by atoms with van der Waals surface area (Å²) in [6.45, 7) is 2.82. The van der Waals surface area contributed by atoms with E-state index < -0.39 is 0 Å². The molecule has 0 saturated carbocycles. The van der Waals surface area contributed by atoms with Gasteiger partial charge in [0.1, 0.15) is 5.82 Å². The van der Waals surface area contributed by atoms with Crippen molar-refractivity contribution in [2.24, 2.45) is 0 Å². The van der Waals surface area contributed by atoms with Crippen LogP contribution in [0.5, 0.6) is 0 Å². The molecule has 0 aliphatic carbocycles. The molecule has 0 spiro atoms. The highest BCUT2D eigenvalue weighted by Gasteiger charge is 2.01. The van der Waals surface area contributed by atoms with E-state index >= 15 is 0 Å². The molecule has 1 N–H and O–H groups in total. The largest absolute Gasteiger partial charge is 0.381 e. The molecular weight excluding hydrogens is 281 g/mol. The summed E-state index contributed by atoms with van der Waals surface area (Å²) in [5.41, 5.74) is 3.40. The van der Waals surface area contributed by atoms with Crippen LogP contribution in [0.25, 0.3) is 0 Å². The Morgan fingerprint density at radius 2 is 1.94 bits per heavy atom. The summed E-state index contributed by atoms with van der Waals surface area (Å²) in [6.07, 6.45) is 0. The van der Waals surface area contributed by atoms with Crippen molar-refractivity contribution in [3.05, 3.63) is 63.9 Å². The zero-order valence-corrected chi connectivity index (χ0v) is 11.1. The van der Waals surface area contributed by atoms with Gasteiger partial charge in [-0.3, -0.25) is 0 Å². The molecule has 17 heavy (non-hydrogen) atoms. The van der Waals surface area contributed by atoms with Crippen LogP contribution < -0.4 is 5.32 Å². The minimum absolute atomic E-state index is 0.244. The molecule has 2 aromatic carbocycles. The van der Waals surface area contributed by atoms with Crippen molar-refractivity contribution >= 4 is 21.6 Å². The molecule has 0 amide bonds. The van der Waals surface area contributed by atoms with Gasteiger partial charge in [0.05, 0.1) is 4.47 Å². The van der Waals surface area contributed by atoms with E-state index in [-0.39, 0.29) is 5.82 Å². The van der Waals surface area contributed by atoms with Gasteiger partial charge in [-0.15, -0.1) is 0 Å². The maximum atomic E-state index is 13.1. The van der Waals surface area contributed by atoms with Crippen molar-refractivity contribution in [2.75, 3.05) is 5.32 Å². The fourth-order valence-electron chi connectivity index (χ4n) is 1.61. The van der Waals surface area contributed by atoms with Crippen molar-refractivity contribution in [1.82, 2.24) is 0 Å². The number of rotatable bonds is 3. The lowest BCUT2D eigenvalue weighted by molar-refractivity contribution is 0.621. The van der Waals surface area contributed by atoms with E-state index in [1.165, 1.54) is 17.2 Å². The molecule has 2 rings (SSSR count). The van der Waals surface area contributed by atoms with Gasteiger partial charge in [0, 0.05) is 12.2 Å². The lowest BCUT2D eigenvalue weighted by atomic mass is 10.1. The molecule has 0 heterocycles. The summed E-state index contributed by atoms with van der Waals surface area (Å²) in [5, 5.41) is 3.27. The number of nitrogens with one attached hydrogen (secondary N) is 1. The van der Waals surface area contributed by atoms with Gasteiger partial charge in [-0.05, 0) is 52.2 Å². The van der Waals surface area contributed by atoms with Crippen LogP contribution in [0, 0.1) is 12.7 Å². The molecule has 0 saturated heterocycles. The second-order valence-electron chi connectivity index (χ2n) is 3.91. The van der Waals surface area contributed by atoms with E-state index in [4.69, 9.17) is 0 Å². The maximum Gasteiger partial charge on any atom is 0.137 e. The van der Waals surface area contributed by atoms with E-state index in [1.54, 1.807) is 12.1 Å². The highest BCUT2D eigenvalue weighted by molar-refractivity contribution is 9.10. The quantitative estimate of drug-likeness (QED) is 0.878. The Labute approximate surface area is 109 Å². The molecule has 0 aliphatic heterocycles. The van der Waals surface area contributed by atoms with Crippen molar-refractivity contribution in [2.45, 2.75) is 13.5 Å². The standard InChI is InChI=1S/C14H13BrFN/c1-10-4-2-3-5-11(10)9-17-12-6-7-14(16)13(15)8-12/h2-8,17H,9H2,1H3. The van der Waals surface area contributed by atoms with Gasteiger partial charge in [0.25, 0.3) is 0 Å². The van der Waals surface area contributed by atoms with Gasteiger partial charge in [-0.2, -0.15) is 0 Å². The molecule has 0 bridgehead atoms. The van der Waals surface area contributed by atoms with Gasteiger partial charge in [-0.25, -0.2) is 4.39 Å². The third-order valence-corrected chi connectivity index (χ3v) is 3.27. The SMILES string of the molecule is Cc1ccccc1CNc1ccc(F)c(Br)c1. The molecule has 0 atom stereocenters. The third-order valence-electron chi connectivity index (χ3n) is 2.66. The molecule has 0 aromatic heterocycles. The van der Waals surface area contributed by atoms with E-state index in [9.17, 15) is 4.39 Å². The maximum absolute atomic E-state index is 13.1. The Hall–Kier alpha value is -1.35. The van der Waals surface area contributed by atoms with Gasteiger partial charge < -0.3 is 5.32 Å². The fourth-order valence-corrected chi connectivity index (χ4v) is 1.99. The first-order valence-corrected chi connectivity index (χ1v) is 6.19. The van der Waals surface area contributed by atoms with Crippen molar-refractivity contribution in [1.29, 1.82) is 0 Å². The minimum atomic E-state index is -0.244. The molecular formula is C14H13BrFN. The minimum Gasteiger partial charge on any atom is -0.381 e. The third kappa shape index (κ3) is 3.07. The van der Waals surface area contributed by atoms with Crippen LogP contribution in [-0.4, -0.2) is 0 Å². The molecule has 0 aliphatic rings. The highest BCUT2D eigenvalue weighted by Crippen LogP contribution is 2.20. The summed E-state index contributed by atoms with van der Waals surface area (Å²) < 4.78 is 13.5. The van der Waals surface area contributed by atoms with Crippen LogP contribution in [0.2, 0.25) is 0 Å². The van der Waals surface area contributed by atoms with Crippen LogP contribution in [-0.2, 0) is 6.54 Å². The number of halogens is 2. The number of hydrogen-bond acceptors (Lipinski definition) is 1. The smallest absolute Gasteiger partial charge is 0.137 e. The van der Waals surface area contributed by atoms with Crippen molar-refractivity contribution in [3.63, 3.8) is 0 Å². The molecule has 88 valence electrons. The van der Waals surface area contributed by atoms with E-state index in [0.29, 0.717) is 4.47 Å². The number of benzene rings is 2. The molecule has 0 radical (unpaired) electrons. The number of anilines is 1. The van der Waals surface area contributed by atoms with E-state index in [1.807, 2.05) is 12.1 Å². The average molecular weight is 294 g/mol. The van der Waals surface area contributed by atoms with Gasteiger partial charge >= 0.3 is 0 Å². The van der Waals surface area contributed by atoms with Gasteiger partial charge in [0.15, 0.2) is 0 Å². The second-order valence-corrected chi connectivity index (χ2v) is 4.76. The Morgan fingerprint density at radius 3 is 2.65 bits per heavy atom. The van der Waals surface area contributed by atoms with E-state index in [2.05, 4.69) is 40.3 Å². The van der Waals surface area contributed by atoms with Crippen LogP contribution in [0.1, 0.15) is 11.1 Å². The molecule has 3 heteroatoms. The monoisotopic (exact) mass is 293 g/mol. The lowest BCUT2D eigenvalue weighted by Gasteiger charge is -2.09. The predicted octanol–water partition coefficient (Wildman–Crippen LogP) is 4.51. The van der Waals surface area contributed by atoms with Crippen molar-refractivity contribution in [3.8, 4) is 0 Å². The number of aryl methyl sites for hydroxylation is 1. The van der Waals surface area contributed by atoms with E-state index in [0.717, 1.165) is 12.2 Å². The Morgan fingerprint density at radius 1 is 1.18 bits per heavy atom. The summed E-state index contributed by atoms with van der Waals surface area (Å²) in [4.78, 5) is 0. The van der Waals surface area contributed by atoms with Crippen LogP contribution in [0.15, 0.2) is 46.9 Å². The molecule has 1 nitrogen and oxygen atoms in total. The second kappa shape index (κ2) is 5.32. The highest BCUT2D eigenvalue weighted by atomic mass is 79.9. The zero-order valence-electron chi connectivity index (χ0n) is 9.50. The molecule has 0 fully saturated rings. The zero-order chi connectivity index (χ0) is 12.3. The van der Waals surface area contributed by atoms with Crippen LogP contribution in [0.3, 0.4) is 0 Å². The van der Waals surface area contributed by atoms with Gasteiger partial charge in [-0.1, -0.05) is 24.3 Å². The van der Waals surface area contributed by atoms with Crippen molar-refractivity contribution < 1.29 is 4.39 Å². The first-order chi connectivity index (χ1) is 8.16. The Kier molecular flexibility index (Phi) is 3.79. The lowest BCUT2D eigenvalue weighted by Crippen LogP contribution is -2.01. The fraction of sp³-hybridized carbons (Fsp3) is 0.143. The number of hydrogen-bond donors (Lipinski definition) is 1. The summed E-state index contributed by atoms with van der Waals surface area (Å²) in [6, 6.07) is 13.1. The first-order valence-electron chi connectivity index (χ1n) is 5.40. The summed E-state index contributed by atoms with van der Waals surface area (Å²) in [5.74, 6) is -0.244. The Balaban J connectivity index is 2.08. The molecule has 2 aromatic rings. The average Bonchev–Trinajstić information content (AvgIpc) is 2.32. The van der Waals surface area contributed by atoms with Gasteiger partial charge in [0.2, 0.25) is 0 Å². The first kappa shape index (κ1) is 12.1. The normalized spacial score (nSPS) is 10.3. The Bertz CT molecular complexity index is 525.